The molecule has 2 rings (SSSR count). The van der Waals surface area contributed by atoms with Gasteiger partial charge in [-0.2, -0.15) is 0 Å². The minimum atomic E-state index is -0.0208. The van der Waals surface area contributed by atoms with Crippen LogP contribution in [0.3, 0.4) is 0 Å². The fourth-order valence-electron chi connectivity index (χ4n) is 2.42. The Morgan fingerprint density at radius 2 is 2.45 bits per heavy atom. The molecule has 1 aromatic rings. The maximum atomic E-state index is 12.0. The average molecular weight is 297 g/mol. The Labute approximate surface area is 124 Å². The Bertz CT molecular complexity index is 468. The summed E-state index contributed by atoms with van der Waals surface area (Å²) in [7, 11) is 1.85. The van der Waals surface area contributed by atoms with Gasteiger partial charge in [-0.15, -0.1) is 0 Å². The predicted octanol–water partition coefficient (Wildman–Crippen LogP) is 1.29. The fourth-order valence-corrected chi connectivity index (χ4v) is 2.66. The lowest BCUT2D eigenvalue weighted by Crippen LogP contribution is -2.42. The highest BCUT2D eigenvalue weighted by Crippen LogP contribution is 2.25. The highest BCUT2D eigenvalue weighted by molar-refractivity contribution is 6.32. The number of anilines is 1. The number of amides is 1. The first-order valence-corrected chi connectivity index (χ1v) is 7.30. The van der Waals surface area contributed by atoms with Crippen molar-refractivity contribution in [1.82, 2.24) is 15.6 Å². The number of rotatable bonds is 5. The summed E-state index contributed by atoms with van der Waals surface area (Å²) in [6.45, 7) is 4.24. The average Bonchev–Trinajstić information content (AvgIpc) is 2.87. The number of halogens is 1. The van der Waals surface area contributed by atoms with Crippen LogP contribution in [0.15, 0.2) is 18.3 Å². The molecular formula is C14H21ClN4O. The van der Waals surface area contributed by atoms with Gasteiger partial charge in [-0.1, -0.05) is 18.5 Å². The summed E-state index contributed by atoms with van der Waals surface area (Å²) in [5, 5.41) is 6.76. The monoisotopic (exact) mass is 296 g/mol. The van der Waals surface area contributed by atoms with Crippen molar-refractivity contribution in [3.63, 3.8) is 0 Å². The Morgan fingerprint density at radius 1 is 1.65 bits per heavy atom. The highest BCUT2D eigenvalue weighted by Gasteiger charge is 2.27. The van der Waals surface area contributed by atoms with E-state index in [1.807, 2.05) is 26.1 Å². The van der Waals surface area contributed by atoms with Crippen molar-refractivity contribution < 1.29 is 4.79 Å². The number of hydrogen-bond donors (Lipinski definition) is 2. The molecule has 0 aliphatic carbocycles. The molecular weight excluding hydrogens is 276 g/mol. The van der Waals surface area contributed by atoms with E-state index in [2.05, 4.69) is 20.5 Å². The molecule has 2 heterocycles. The maximum absolute atomic E-state index is 12.0. The standard InChI is InChI=1S/C14H21ClN4O/c1-10(8-16-2)14(20)18-11-5-7-19(9-11)13-12(15)4-3-6-17-13/h3-4,6,10-11,16H,5,7-9H2,1-2H3,(H,18,20). The van der Waals surface area contributed by atoms with Crippen LogP contribution in [0, 0.1) is 5.92 Å². The molecule has 0 radical (unpaired) electrons. The summed E-state index contributed by atoms with van der Waals surface area (Å²) < 4.78 is 0. The smallest absolute Gasteiger partial charge is 0.224 e. The molecule has 0 spiro atoms. The second kappa shape index (κ2) is 6.90. The van der Waals surface area contributed by atoms with Crippen LogP contribution in [-0.2, 0) is 4.79 Å². The van der Waals surface area contributed by atoms with E-state index in [4.69, 9.17) is 11.6 Å². The van der Waals surface area contributed by atoms with E-state index in [0.29, 0.717) is 11.6 Å². The number of hydrogen-bond acceptors (Lipinski definition) is 4. The topological polar surface area (TPSA) is 57.3 Å². The second-order valence-electron chi connectivity index (χ2n) is 5.21. The Balaban J connectivity index is 1.90. The molecule has 6 heteroatoms. The first-order valence-electron chi connectivity index (χ1n) is 6.92. The van der Waals surface area contributed by atoms with Crippen molar-refractivity contribution >= 4 is 23.3 Å². The van der Waals surface area contributed by atoms with Gasteiger partial charge in [0.15, 0.2) is 0 Å². The van der Waals surface area contributed by atoms with Crippen LogP contribution in [0.5, 0.6) is 0 Å². The van der Waals surface area contributed by atoms with Gasteiger partial charge in [0.1, 0.15) is 5.82 Å². The first kappa shape index (κ1) is 15.1. The number of nitrogens with one attached hydrogen (secondary N) is 2. The summed E-state index contributed by atoms with van der Waals surface area (Å²) in [4.78, 5) is 18.4. The molecule has 1 amide bonds. The van der Waals surface area contributed by atoms with Crippen LogP contribution in [0.25, 0.3) is 0 Å². The molecule has 2 unspecified atom stereocenters. The lowest BCUT2D eigenvalue weighted by atomic mass is 10.1. The maximum Gasteiger partial charge on any atom is 0.224 e. The molecule has 0 saturated carbocycles. The molecule has 110 valence electrons. The van der Waals surface area contributed by atoms with E-state index in [0.717, 1.165) is 25.3 Å². The summed E-state index contributed by atoms with van der Waals surface area (Å²) in [5.74, 6) is 0.875. The van der Waals surface area contributed by atoms with Crippen molar-refractivity contribution in [2.45, 2.75) is 19.4 Å². The van der Waals surface area contributed by atoms with E-state index in [9.17, 15) is 4.79 Å². The van der Waals surface area contributed by atoms with Gasteiger partial charge >= 0.3 is 0 Å². The third-order valence-electron chi connectivity index (χ3n) is 3.53. The zero-order valence-electron chi connectivity index (χ0n) is 11.9. The van der Waals surface area contributed by atoms with E-state index >= 15 is 0 Å². The van der Waals surface area contributed by atoms with Crippen LogP contribution in [0.4, 0.5) is 5.82 Å². The molecule has 0 aromatic carbocycles. The lowest BCUT2D eigenvalue weighted by molar-refractivity contribution is -0.124. The lowest BCUT2D eigenvalue weighted by Gasteiger charge is -2.20. The fraction of sp³-hybridized carbons (Fsp3) is 0.571. The third kappa shape index (κ3) is 3.61. The summed E-state index contributed by atoms with van der Waals surface area (Å²) >= 11 is 6.15. The van der Waals surface area contributed by atoms with Gasteiger partial charge in [-0.3, -0.25) is 4.79 Å². The van der Waals surface area contributed by atoms with Crippen LogP contribution < -0.4 is 15.5 Å². The van der Waals surface area contributed by atoms with Gasteiger partial charge in [-0.05, 0) is 25.6 Å². The number of carbonyl (C=O) groups excluding carboxylic acids is 1. The SMILES string of the molecule is CNCC(C)C(=O)NC1CCN(c2ncccc2Cl)C1. The number of aromatic nitrogens is 1. The molecule has 0 bridgehead atoms. The van der Waals surface area contributed by atoms with Gasteiger partial charge in [0.2, 0.25) is 5.91 Å². The van der Waals surface area contributed by atoms with Crippen LogP contribution in [0.2, 0.25) is 5.02 Å². The Hall–Kier alpha value is -1.33. The van der Waals surface area contributed by atoms with Gasteiger partial charge in [-0.25, -0.2) is 4.98 Å². The summed E-state index contributed by atoms with van der Waals surface area (Å²) in [5.41, 5.74) is 0. The van der Waals surface area contributed by atoms with Gasteiger partial charge in [0, 0.05) is 37.8 Å². The summed E-state index contributed by atoms with van der Waals surface area (Å²) in [6.07, 6.45) is 2.66. The molecule has 1 fully saturated rings. The molecule has 2 atom stereocenters. The van der Waals surface area contributed by atoms with Crippen LogP contribution in [0.1, 0.15) is 13.3 Å². The molecule has 1 aliphatic heterocycles. The second-order valence-corrected chi connectivity index (χ2v) is 5.61. The minimum Gasteiger partial charge on any atom is -0.353 e. The quantitative estimate of drug-likeness (QED) is 0.859. The Kier molecular flexibility index (Phi) is 5.20. The number of carbonyl (C=O) groups is 1. The van der Waals surface area contributed by atoms with Gasteiger partial charge < -0.3 is 15.5 Å². The molecule has 5 nitrogen and oxygen atoms in total. The van der Waals surface area contributed by atoms with Gasteiger partial charge in [0.25, 0.3) is 0 Å². The molecule has 20 heavy (non-hydrogen) atoms. The molecule has 1 saturated heterocycles. The van der Waals surface area contributed by atoms with Crippen LogP contribution in [-0.4, -0.2) is 43.6 Å². The van der Waals surface area contributed by atoms with E-state index in [1.165, 1.54) is 0 Å². The number of nitrogens with zero attached hydrogens (tertiary/aromatic N) is 2. The largest absolute Gasteiger partial charge is 0.353 e. The normalized spacial score (nSPS) is 19.9. The predicted molar refractivity (Wildman–Crippen MR) is 81.1 cm³/mol. The summed E-state index contributed by atoms with van der Waals surface area (Å²) in [6, 6.07) is 3.82. The van der Waals surface area contributed by atoms with E-state index in [-0.39, 0.29) is 17.9 Å². The minimum absolute atomic E-state index is 0.0208. The van der Waals surface area contributed by atoms with Crippen molar-refractivity contribution in [2.75, 3.05) is 31.6 Å². The van der Waals surface area contributed by atoms with Crippen molar-refractivity contribution in [2.24, 2.45) is 5.92 Å². The molecule has 1 aromatic heterocycles. The van der Waals surface area contributed by atoms with Crippen molar-refractivity contribution in [3.05, 3.63) is 23.4 Å². The van der Waals surface area contributed by atoms with Crippen molar-refractivity contribution in [1.29, 1.82) is 0 Å². The van der Waals surface area contributed by atoms with Gasteiger partial charge in [0.05, 0.1) is 5.02 Å². The van der Waals surface area contributed by atoms with Crippen molar-refractivity contribution in [3.8, 4) is 0 Å². The van der Waals surface area contributed by atoms with Crippen LogP contribution >= 0.6 is 11.6 Å². The van der Waals surface area contributed by atoms with E-state index < -0.39 is 0 Å². The zero-order chi connectivity index (χ0) is 14.5. The molecule has 2 N–H and O–H groups in total. The third-order valence-corrected chi connectivity index (χ3v) is 3.83. The highest BCUT2D eigenvalue weighted by atomic mass is 35.5. The Morgan fingerprint density at radius 3 is 3.15 bits per heavy atom. The number of pyridine rings is 1. The first-order chi connectivity index (χ1) is 9.61. The molecule has 1 aliphatic rings. The van der Waals surface area contributed by atoms with E-state index in [1.54, 1.807) is 6.20 Å². The zero-order valence-corrected chi connectivity index (χ0v) is 12.7.